The first-order valence-electron chi connectivity index (χ1n) is 7.41. The summed E-state index contributed by atoms with van der Waals surface area (Å²) >= 11 is 0. The number of carbonyl (C=O) groups is 1. The Kier molecular flexibility index (Phi) is 3.96. The zero-order chi connectivity index (χ0) is 15.4. The summed E-state index contributed by atoms with van der Waals surface area (Å²) in [6, 6.07) is 17.4. The molecule has 1 amide bonds. The molecule has 1 N–H and O–H groups in total. The van der Waals surface area contributed by atoms with Crippen LogP contribution in [0.25, 0.3) is 0 Å². The predicted molar refractivity (Wildman–Crippen MR) is 88.1 cm³/mol. The lowest BCUT2D eigenvalue weighted by Crippen LogP contribution is -2.38. The van der Waals surface area contributed by atoms with Crippen molar-refractivity contribution in [1.29, 1.82) is 0 Å². The first kappa shape index (κ1) is 14.4. The number of nitrogens with one attached hydrogen (secondary N) is 1. The molecule has 0 aliphatic heterocycles. The average molecular weight is 293 g/mol. The van der Waals surface area contributed by atoms with Gasteiger partial charge in [-0.1, -0.05) is 42.5 Å². The minimum atomic E-state index is -0.526. The molecule has 2 aromatic rings. The van der Waals surface area contributed by atoms with Crippen LogP contribution in [0.15, 0.2) is 66.7 Å². The molecule has 1 aliphatic rings. The molecule has 0 atom stereocenters. The van der Waals surface area contributed by atoms with Crippen LogP contribution in [0.5, 0.6) is 5.75 Å². The summed E-state index contributed by atoms with van der Waals surface area (Å²) < 4.78 is 5.20. The van der Waals surface area contributed by atoms with E-state index in [4.69, 9.17) is 4.74 Å². The van der Waals surface area contributed by atoms with Crippen LogP contribution in [0.2, 0.25) is 0 Å². The Labute approximate surface area is 130 Å². The normalized spacial score (nSPS) is 15.5. The summed E-state index contributed by atoms with van der Waals surface area (Å²) in [7, 11) is 1.64. The molecule has 112 valence electrons. The molecule has 0 saturated heterocycles. The number of amides is 1. The Morgan fingerprint density at radius 2 is 1.64 bits per heavy atom. The molecule has 3 nitrogen and oxygen atoms in total. The quantitative estimate of drug-likeness (QED) is 0.868. The second-order valence-corrected chi connectivity index (χ2v) is 5.51. The third kappa shape index (κ3) is 2.62. The Balaban J connectivity index is 1.89. The second kappa shape index (κ2) is 6.06. The minimum absolute atomic E-state index is 0.0360. The van der Waals surface area contributed by atoms with Crippen molar-refractivity contribution in [3.63, 3.8) is 0 Å². The van der Waals surface area contributed by atoms with Crippen molar-refractivity contribution in [3.8, 4) is 5.75 Å². The van der Waals surface area contributed by atoms with E-state index in [-0.39, 0.29) is 5.91 Å². The number of anilines is 1. The number of hydrogen-bond donors (Lipinski definition) is 1. The number of rotatable bonds is 4. The van der Waals surface area contributed by atoms with E-state index in [2.05, 4.69) is 17.5 Å². The zero-order valence-corrected chi connectivity index (χ0v) is 12.6. The van der Waals surface area contributed by atoms with Crippen molar-refractivity contribution in [2.45, 2.75) is 18.3 Å². The third-order valence-corrected chi connectivity index (χ3v) is 4.21. The van der Waals surface area contributed by atoms with Gasteiger partial charge >= 0.3 is 0 Å². The van der Waals surface area contributed by atoms with E-state index in [0.29, 0.717) is 0 Å². The summed E-state index contributed by atoms with van der Waals surface area (Å²) in [6.45, 7) is 0. The van der Waals surface area contributed by atoms with Crippen LogP contribution in [0.3, 0.4) is 0 Å². The molecule has 0 unspecified atom stereocenters. The van der Waals surface area contributed by atoms with Gasteiger partial charge in [0.15, 0.2) is 0 Å². The Morgan fingerprint density at radius 1 is 1.00 bits per heavy atom. The molecule has 0 saturated carbocycles. The molecule has 22 heavy (non-hydrogen) atoms. The maximum Gasteiger partial charge on any atom is 0.235 e. The fourth-order valence-electron chi connectivity index (χ4n) is 2.89. The number of ether oxygens (including phenoxy) is 1. The monoisotopic (exact) mass is 293 g/mol. The molecule has 2 aromatic carbocycles. The lowest BCUT2D eigenvalue weighted by atomic mass is 9.77. The lowest BCUT2D eigenvalue weighted by molar-refractivity contribution is -0.121. The van der Waals surface area contributed by atoms with Crippen LogP contribution in [0.4, 0.5) is 5.69 Å². The van der Waals surface area contributed by atoms with Crippen molar-refractivity contribution < 1.29 is 9.53 Å². The average Bonchev–Trinajstić information content (AvgIpc) is 3.07. The van der Waals surface area contributed by atoms with Gasteiger partial charge in [-0.2, -0.15) is 0 Å². The largest absolute Gasteiger partial charge is 0.497 e. The van der Waals surface area contributed by atoms with Crippen molar-refractivity contribution in [2.75, 3.05) is 12.4 Å². The van der Waals surface area contributed by atoms with E-state index in [1.807, 2.05) is 54.6 Å². The smallest absolute Gasteiger partial charge is 0.235 e. The number of para-hydroxylation sites is 1. The zero-order valence-electron chi connectivity index (χ0n) is 12.6. The van der Waals surface area contributed by atoms with Gasteiger partial charge in [-0.05, 0) is 42.7 Å². The topological polar surface area (TPSA) is 38.3 Å². The van der Waals surface area contributed by atoms with Gasteiger partial charge in [-0.15, -0.1) is 0 Å². The highest BCUT2D eigenvalue weighted by molar-refractivity contribution is 5.99. The van der Waals surface area contributed by atoms with Crippen molar-refractivity contribution in [1.82, 2.24) is 0 Å². The maximum atomic E-state index is 12.9. The fourth-order valence-corrected chi connectivity index (χ4v) is 2.89. The Bertz CT molecular complexity index is 666. The van der Waals surface area contributed by atoms with Gasteiger partial charge in [0.1, 0.15) is 5.75 Å². The highest BCUT2D eigenvalue weighted by Gasteiger charge is 2.40. The van der Waals surface area contributed by atoms with Gasteiger partial charge in [0.05, 0.1) is 12.5 Å². The van der Waals surface area contributed by atoms with Gasteiger partial charge in [0.25, 0.3) is 0 Å². The van der Waals surface area contributed by atoms with E-state index in [1.165, 1.54) is 0 Å². The Morgan fingerprint density at radius 3 is 2.23 bits per heavy atom. The number of carbonyl (C=O) groups excluding carboxylic acids is 1. The van der Waals surface area contributed by atoms with Crippen LogP contribution >= 0.6 is 0 Å². The minimum Gasteiger partial charge on any atom is -0.497 e. The van der Waals surface area contributed by atoms with Crippen molar-refractivity contribution >= 4 is 11.6 Å². The van der Waals surface area contributed by atoms with Crippen molar-refractivity contribution in [2.24, 2.45) is 0 Å². The molecule has 0 fully saturated rings. The number of allylic oxidation sites excluding steroid dienone is 2. The summed E-state index contributed by atoms with van der Waals surface area (Å²) in [6.07, 6.45) is 5.60. The molecule has 0 heterocycles. The summed E-state index contributed by atoms with van der Waals surface area (Å²) in [5.41, 5.74) is 1.32. The van der Waals surface area contributed by atoms with E-state index < -0.39 is 5.41 Å². The predicted octanol–water partition coefficient (Wildman–Crippen LogP) is 3.92. The van der Waals surface area contributed by atoms with Crippen LogP contribution < -0.4 is 10.1 Å². The highest BCUT2D eigenvalue weighted by Crippen LogP contribution is 2.38. The summed E-state index contributed by atoms with van der Waals surface area (Å²) in [5, 5.41) is 3.04. The first-order chi connectivity index (χ1) is 10.7. The van der Waals surface area contributed by atoms with Crippen LogP contribution in [0.1, 0.15) is 18.4 Å². The van der Waals surface area contributed by atoms with Crippen LogP contribution in [0, 0.1) is 0 Å². The first-order valence-corrected chi connectivity index (χ1v) is 7.41. The number of hydrogen-bond acceptors (Lipinski definition) is 2. The molecular formula is C19H19NO2. The Hall–Kier alpha value is -2.55. The standard InChI is InChI=1S/C19H19NO2/c1-22-17-11-9-15(10-12-17)19(13-5-6-14-19)18(21)20-16-7-3-2-4-8-16/h2-12H,13-14H2,1H3,(H,20,21). The number of benzene rings is 2. The molecule has 0 bridgehead atoms. The highest BCUT2D eigenvalue weighted by atomic mass is 16.5. The van der Waals surface area contributed by atoms with Gasteiger partial charge in [0, 0.05) is 5.69 Å². The van der Waals surface area contributed by atoms with Gasteiger partial charge in [-0.3, -0.25) is 4.79 Å². The number of methoxy groups -OCH3 is 1. The van der Waals surface area contributed by atoms with Gasteiger partial charge in [0.2, 0.25) is 5.91 Å². The molecule has 1 aliphatic carbocycles. The third-order valence-electron chi connectivity index (χ3n) is 4.21. The fraction of sp³-hybridized carbons (Fsp3) is 0.211. The van der Waals surface area contributed by atoms with Gasteiger partial charge in [-0.25, -0.2) is 0 Å². The lowest BCUT2D eigenvalue weighted by Gasteiger charge is -2.28. The molecule has 0 spiro atoms. The van der Waals surface area contributed by atoms with E-state index in [0.717, 1.165) is 29.8 Å². The SMILES string of the molecule is COc1ccc(C2(C(=O)Nc3ccccc3)CC=CC2)cc1. The van der Waals surface area contributed by atoms with Crippen LogP contribution in [-0.2, 0) is 10.2 Å². The van der Waals surface area contributed by atoms with E-state index >= 15 is 0 Å². The summed E-state index contributed by atoms with van der Waals surface area (Å²) in [5.74, 6) is 0.835. The molecule has 3 rings (SSSR count). The molecule has 0 radical (unpaired) electrons. The van der Waals surface area contributed by atoms with Crippen LogP contribution in [-0.4, -0.2) is 13.0 Å². The van der Waals surface area contributed by atoms with E-state index in [1.54, 1.807) is 7.11 Å². The summed E-state index contributed by atoms with van der Waals surface area (Å²) in [4.78, 5) is 12.9. The molecule has 3 heteroatoms. The maximum absolute atomic E-state index is 12.9. The van der Waals surface area contributed by atoms with E-state index in [9.17, 15) is 4.79 Å². The second-order valence-electron chi connectivity index (χ2n) is 5.51. The van der Waals surface area contributed by atoms with Gasteiger partial charge < -0.3 is 10.1 Å². The molecular weight excluding hydrogens is 274 g/mol. The van der Waals surface area contributed by atoms with Crippen molar-refractivity contribution in [3.05, 3.63) is 72.3 Å². The molecule has 0 aromatic heterocycles.